The van der Waals surface area contributed by atoms with Crippen LogP contribution in [0, 0.1) is 6.92 Å². The van der Waals surface area contributed by atoms with Gasteiger partial charge in [0.2, 0.25) is 0 Å². The number of pyridine rings is 1. The van der Waals surface area contributed by atoms with Crippen LogP contribution in [0.4, 0.5) is 0 Å². The molecule has 1 heterocycles. The summed E-state index contributed by atoms with van der Waals surface area (Å²) < 4.78 is 0.992. The number of hydrogen-bond donors (Lipinski definition) is 1. The van der Waals surface area contributed by atoms with Crippen LogP contribution in [0.15, 0.2) is 17.1 Å². The average Bonchev–Trinajstić information content (AvgIpc) is 1.96. The lowest BCUT2D eigenvalue weighted by Gasteiger charge is -2.02. The molecule has 0 saturated carbocycles. The van der Waals surface area contributed by atoms with Crippen LogP contribution in [0.1, 0.15) is 5.69 Å². The molecule has 1 rings (SSSR count). The van der Waals surface area contributed by atoms with E-state index in [0.717, 1.165) is 4.73 Å². The Labute approximate surface area is 69.5 Å². The Morgan fingerprint density at radius 3 is 2.73 bits per heavy atom. The van der Waals surface area contributed by atoms with Crippen molar-refractivity contribution >= 4 is 11.6 Å². The Morgan fingerprint density at radius 1 is 1.55 bits per heavy atom. The van der Waals surface area contributed by atoms with Crippen LogP contribution in [0.2, 0.25) is 5.02 Å². The number of nitrogens with zero attached hydrogens (tertiary/aromatic N) is 2. The lowest BCUT2D eigenvalue weighted by Crippen LogP contribution is -2.20. The van der Waals surface area contributed by atoms with Crippen LogP contribution < -0.4 is 5.49 Å². The molecule has 1 N–H and O–H groups in total. The van der Waals surface area contributed by atoms with Crippen LogP contribution in [-0.4, -0.2) is 17.0 Å². The molecule has 1 aromatic rings. The minimum absolute atomic E-state index is 0.454. The first-order valence-electron chi connectivity index (χ1n) is 3.16. The Kier molecular flexibility index (Phi) is 2.19. The molecule has 0 aromatic carbocycles. The van der Waals surface area contributed by atoms with Gasteiger partial charge in [-0.1, -0.05) is 11.6 Å². The van der Waals surface area contributed by atoms with Crippen molar-refractivity contribution in [3.8, 4) is 0 Å². The van der Waals surface area contributed by atoms with Gasteiger partial charge in [-0.25, -0.2) is 0 Å². The summed E-state index contributed by atoms with van der Waals surface area (Å²) in [7, 11) is 1.60. The van der Waals surface area contributed by atoms with E-state index < -0.39 is 0 Å². The van der Waals surface area contributed by atoms with Crippen LogP contribution in [0.5, 0.6) is 0 Å². The SMILES string of the molecule is CN=c1cc(Cl)cc(C)n1O. The van der Waals surface area contributed by atoms with Gasteiger partial charge in [0.05, 0.1) is 5.69 Å². The first kappa shape index (κ1) is 8.14. The van der Waals surface area contributed by atoms with E-state index in [9.17, 15) is 5.21 Å². The first-order valence-corrected chi connectivity index (χ1v) is 3.54. The molecule has 4 heteroatoms. The Morgan fingerprint density at radius 2 is 2.18 bits per heavy atom. The maximum absolute atomic E-state index is 9.29. The van der Waals surface area contributed by atoms with Crippen molar-refractivity contribution in [1.82, 2.24) is 4.73 Å². The quantitative estimate of drug-likeness (QED) is 0.587. The topological polar surface area (TPSA) is 37.5 Å². The van der Waals surface area contributed by atoms with E-state index in [0.29, 0.717) is 16.2 Å². The van der Waals surface area contributed by atoms with E-state index in [4.69, 9.17) is 11.6 Å². The fourth-order valence-corrected chi connectivity index (χ4v) is 1.08. The van der Waals surface area contributed by atoms with E-state index in [2.05, 4.69) is 4.99 Å². The molecule has 0 spiro atoms. The van der Waals surface area contributed by atoms with Crippen LogP contribution in [0.25, 0.3) is 0 Å². The number of aromatic nitrogens is 1. The van der Waals surface area contributed by atoms with Crippen molar-refractivity contribution in [3.63, 3.8) is 0 Å². The Bertz CT molecular complexity index is 330. The number of aryl methyl sites for hydroxylation is 1. The van der Waals surface area contributed by atoms with Crippen LogP contribution >= 0.6 is 11.6 Å². The van der Waals surface area contributed by atoms with Gasteiger partial charge in [0, 0.05) is 18.1 Å². The fourth-order valence-electron chi connectivity index (χ4n) is 0.827. The highest BCUT2D eigenvalue weighted by atomic mass is 35.5. The molecule has 0 fully saturated rings. The highest BCUT2D eigenvalue weighted by Gasteiger charge is 1.96. The van der Waals surface area contributed by atoms with Crippen LogP contribution in [-0.2, 0) is 0 Å². The molecular weight excluding hydrogens is 164 g/mol. The number of hydrogen-bond acceptors (Lipinski definition) is 2. The zero-order valence-electron chi connectivity index (χ0n) is 6.37. The normalized spacial score (nSPS) is 12.1. The van der Waals surface area contributed by atoms with E-state index in [1.807, 2.05) is 0 Å². The molecule has 0 radical (unpaired) electrons. The van der Waals surface area contributed by atoms with Crippen LogP contribution in [0.3, 0.4) is 0 Å². The van der Waals surface area contributed by atoms with Gasteiger partial charge < -0.3 is 5.21 Å². The molecule has 3 nitrogen and oxygen atoms in total. The van der Waals surface area contributed by atoms with Crippen molar-refractivity contribution in [2.24, 2.45) is 4.99 Å². The largest absolute Gasteiger partial charge is 0.427 e. The minimum atomic E-state index is 0.454. The summed E-state index contributed by atoms with van der Waals surface area (Å²) in [6.45, 7) is 1.75. The monoisotopic (exact) mass is 172 g/mol. The summed E-state index contributed by atoms with van der Waals surface area (Å²) in [6.07, 6.45) is 0. The van der Waals surface area contributed by atoms with Gasteiger partial charge in [0.1, 0.15) is 0 Å². The molecule has 0 amide bonds. The zero-order valence-corrected chi connectivity index (χ0v) is 7.13. The van der Waals surface area contributed by atoms with Crippen molar-refractivity contribution in [2.45, 2.75) is 6.92 Å². The highest BCUT2D eigenvalue weighted by Crippen LogP contribution is 2.05. The summed E-state index contributed by atoms with van der Waals surface area (Å²) in [4.78, 5) is 3.82. The van der Waals surface area contributed by atoms with Gasteiger partial charge in [-0.05, 0) is 13.0 Å². The lowest BCUT2D eigenvalue weighted by atomic mass is 10.4. The molecule has 0 aliphatic rings. The highest BCUT2D eigenvalue weighted by molar-refractivity contribution is 6.30. The molecule has 1 aromatic heterocycles. The molecule has 0 unspecified atom stereocenters. The molecule has 0 atom stereocenters. The number of halogens is 1. The molecular formula is C7H9ClN2O. The molecule has 11 heavy (non-hydrogen) atoms. The van der Waals surface area contributed by atoms with Gasteiger partial charge >= 0.3 is 0 Å². The second-order valence-electron chi connectivity index (χ2n) is 2.21. The van der Waals surface area contributed by atoms with Gasteiger partial charge in [-0.15, -0.1) is 0 Å². The molecule has 0 aliphatic heterocycles. The number of rotatable bonds is 0. The summed E-state index contributed by atoms with van der Waals surface area (Å²) in [5.41, 5.74) is 1.12. The van der Waals surface area contributed by atoms with E-state index in [1.54, 1.807) is 26.1 Å². The third kappa shape index (κ3) is 1.54. The molecule has 0 aliphatic carbocycles. The minimum Gasteiger partial charge on any atom is -0.427 e. The van der Waals surface area contributed by atoms with E-state index in [1.165, 1.54) is 0 Å². The fraction of sp³-hybridized carbons (Fsp3) is 0.286. The second kappa shape index (κ2) is 2.96. The third-order valence-corrected chi connectivity index (χ3v) is 1.61. The summed E-state index contributed by atoms with van der Waals surface area (Å²) in [5, 5.41) is 9.86. The predicted molar refractivity (Wildman–Crippen MR) is 42.9 cm³/mol. The van der Waals surface area contributed by atoms with E-state index >= 15 is 0 Å². The smallest absolute Gasteiger partial charge is 0.164 e. The standard InChI is InChI=1S/C7H9ClN2O/c1-5-3-6(8)4-7(9-2)10(5)11/h3-4,11H,1-2H3. The Hall–Kier alpha value is -0.960. The Balaban J connectivity index is 3.50. The molecule has 0 saturated heterocycles. The molecule has 60 valence electrons. The maximum Gasteiger partial charge on any atom is 0.164 e. The predicted octanol–water partition coefficient (Wildman–Crippen LogP) is 1.22. The van der Waals surface area contributed by atoms with Crippen molar-refractivity contribution < 1.29 is 5.21 Å². The van der Waals surface area contributed by atoms with Crippen molar-refractivity contribution in [1.29, 1.82) is 0 Å². The third-order valence-electron chi connectivity index (χ3n) is 1.39. The summed E-state index contributed by atoms with van der Waals surface area (Å²) >= 11 is 5.72. The average molecular weight is 173 g/mol. The van der Waals surface area contributed by atoms with Gasteiger partial charge in [0.15, 0.2) is 5.49 Å². The first-order chi connectivity index (χ1) is 5.15. The van der Waals surface area contributed by atoms with Crippen molar-refractivity contribution in [2.75, 3.05) is 7.05 Å². The van der Waals surface area contributed by atoms with E-state index in [-0.39, 0.29) is 0 Å². The van der Waals surface area contributed by atoms with Gasteiger partial charge in [0.25, 0.3) is 0 Å². The van der Waals surface area contributed by atoms with Crippen molar-refractivity contribution in [3.05, 3.63) is 28.3 Å². The summed E-state index contributed by atoms with van der Waals surface area (Å²) in [5.74, 6) is 0. The second-order valence-corrected chi connectivity index (χ2v) is 2.64. The maximum atomic E-state index is 9.29. The zero-order chi connectivity index (χ0) is 8.43. The van der Waals surface area contributed by atoms with Gasteiger partial charge in [-0.2, -0.15) is 4.73 Å². The lowest BCUT2D eigenvalue weighted by molar-refractivity contribution is 0.165. The van der Waals surface area contributed by atoms with Gasteiger partial charge in [-0.3, -0.25) is 4.99 Å². The molecule has 0 bridgehead atoms. The summed E-state index contributed by atoms with van der Waals surface area (Å²) in [6, 6.07) is 3.25.